The molecule has 208 valence electrons. The molecule has 0 aromatic heterocycles. The van der Waals surface area contributed by atoms with Gasteiger partial charge in [-0.2, -0.15) is 11.8 Å². The van der Waals surface area contributed by atoms with E-state index >= 15 is 0 Å². The summed E-state index contributed by atoms with van der Waals surface area (Å²) in [6.07, 6.45) is 2.53. The first-order chi connectivity index (χ1) is 16.9. The van der Waals surface area contributed by atoms with Crippen LogP contribution in [0.4, 0.5) is 0 Å². The van der Waals surface area contributed by atoms with Crippen molar-refractivity contribution >= 4 is 41.4 Å². The lowest BCUT2D eigenvalue weighted by Crippen LogP contribution is -2.59. The number of thioether (sulfide) groups is 1. The average Bonchev–Trinajstić information content (AvgIpc) is 2.81. The van der Waals surface area contributed by atoms with Gasteiger partial charge in [0, 0.05) is 6.54 Å². The number of guanidine groups is 1. The minimum atomic E-state index is -1.38. The Kier molecular flexibility index (Phi) is 17.3. The summed E-state index contributed by atoms with van der Waals surface area (Å²) in [5.74, 6) is -2.91. The third-order valence-electron chi connectivity index (χ3n) is 5.17. The minimum Gasteiger partial charge on any atom is -0.480 e. The van der Waals surface area contributed by atoms with Gasteiger partial charge in [-0.25, -0.2) is 4.79 Å². The van der Waals surface area contributed by atoms with Crippen LogP contribution in [0.2, 0.25) is 0 Å². The van der Waals surface area contributed by atoms with Gasteiger partial charge in [0.1, 0.15) is 18.1 Å². The van der Waals surface area contributed by atoms with E-state index in [0.29, 0.717) is 31.6 Å². The molecule has 0 saturated carbocycles. The molecule has 0 fully saturated rings. The third-order valence-corrected chi connectivity index (χ3v) is 5.82. The molecule has 0 bridgehead atoms. The molecule has 36 heavy (non-hydrogen) atoms. The number of carbonyl (C=O) groups is 4. The van der Waals surface area contributed by atoms with Crippen LogP contribution in [-0.2, 0) is 19.2 Å². The van der Waals surface area contributed by atoms with E-state index in [4.69, 9.17) is 22.9 Å². The zero-order valence-corrected chi connectivity index (χ0v) is 21.8. The van der Waals surface area contributed by atoms with Gasteiger partial charge in [0.15, 0.2) is 5.96 Å². The van der Waals surface area contributed by atoms with Crippen LogP contribution in [-0.4, -0.2) is 95.2 Å². The van der Waals surface area contributed by atoms with Crippen LogP contribution in [0.1, 0.15) is 45.4 Å². The molecule has 0 aromatic carbocycles. The Morgan fingerprint density at radius 1 is 0.917 bits per heavy atom. The Bertz CT molecular complexity index is 735. The first-order valence-corrected chi connectivity index (χ1v) is 13.2. The van der Waals surface area contributed by atoms with Crippen LogP contribution in [0.5, 0.6) is 0 Å². The van der Waals surface area contributed by atoms with Gasteiger partial charge < -0.3 is 49.1 Å². The largest absolute Gasteiger partial charge is 0.480 e. The van der Waals surface area contributed by atoms with E-state index < -0.39 is 54.0 Å². The number of rotatable bonds is 19. The van der Waals surface area contributed by atoms with E-state index in [2.05, 4.69) is 20.9 Å². The summed E-state index contributed by atoms with van der Waals surface area (Å²) in [5.41, 5.74) is 21.9. The maximum atomic E-state index is 12.9. The van der Waals surface area contributed by atoms with Crippen molar-refractivity contribution < 1.29 is 29.4 Å². The number of aliphatic carboxylic acids is 1. The van der Waals surface area contributed by atoms with Gasteiger partial charge in [-0.15, -0.1) is 0 Å². The van der Waals surface area contributed by atoms with Crippen molar-refractivity contribution in [2.24, 2.45) is 27.9 Å². The van der Waals surface area contributed by atoms with Crippen molar-refractivity contribution in [2.75, 3.05) is 25.1 Å². The molecule has 5 atom stereocenters. The zero-order chi connectivity index (χ0) is 27.7. The number of unbranched alkanes of at least 4 members (excludes halogenated alkanes) is 1. The van der Waals surface area contributed by atoms with Crippen LogP contribution in [0, 0.1) is 0 Å². The van der Waals surface area contributed by atoms with Crippen LogP contribution >= 0.6 is 11.8 Å². The number of aliphatic imine (C=N–C) groups is 1. The van der Waals surface area contributed by atoms with E-state index in [1.807, 2.05) is 6.26 Å². The highest BCUT2D eigenvalue weighted by atomic mass is 32.2. The Balaban J connectivity index is 5.49. The van der Waals surface area contributed by atoms with Crippen molar-refractivity contribution in [3.05, 3.63) is 0 Å². The molecule has 0 saturated heterocycles. The molecular formula is C21H42N8O6S. The van der Waals surface area contributed by atoms with Crippen molar-refractivity contribution in [3.8, 4) is 0 Å². The number of nitrogens with one attached hydrogen (secondary N) is 3. The summed E-state index contributed by atoms with van der Waals surface area (Å²) in [5, 5.41) is 26.9. The first-order valence-electron chi connectivity index (χ1n) is 11.8. The van der Waals surface area contributed by atoms with Gasteiger partial charge in [0.2, 0.25) is 17.7 Å². The topological polar surface area (TPSA) is 261 Å². The van der Waals surface area contributed by atoms with Gasteiger partial charge in [0.25, 0.3) is 0 Å². The van der Waals surface area contributed by atoms with E-state index in [1.54, 1.807) is 0 Å². The number of amides is 3. The highest BCUT2D eigenvalue weighted by Crippen LogP contribution is 2.06. The van der Waals surface area contributed by atoms with Gasteiger partial charge in [0.05, 0.1) is 12.1 Å². The number of nitrogens with two attached hydrogens (primary N) is 4. The quantitative estimate of drug-likeness (QED) is 0.0463. The molecule has 3 amide bonds. The van der Waals surface area contributed by atoms with E-state index in [1.165, 1.54) is 18.7 Å². The van der Waals surface area contributed by atoms with Crippen molar-refractivity contribution in [1.82, 2.24) is 16.0 Å². The van der Waals surface area contributed by atoms with Crippen LogP contribution in [0.3, 0.4) is 0 Å². The van der Waals surface area contributed by atoms with Crippen LogP contribution < -0.4 is 38.9 Å². The second kappa shape index (κ2) is 18.6. The Morgan fingerprint density at radius 3 is 2.06 bits per heavy atom. The third kappa shape index (κ3) is 14.1. The monoisotopic (exact) mass is 534 g/mol. The number of nitrogens with zero attached hydrogens (tertiary/aromatic N) is 1. The van der Waals surface area contributed by atoms with Crippen LogP contribution in [0.15, 0.2) is 4.99 Å². The second-order valence-electron chi connectivity index (χ2n) is 8.31. The maximum absolute atomic E-state index is 12.9. The van der Waals surface area contributed by atoms with Gasteiger partial charge in [-0.3, -0.25) is 19.4 Å². The van der Waals surface area contributed by atoms with Crippen molar-refractivity contribution in [1.29, 1.82) is 0 Å². The number of aliphatic hydroxyl groups excluding tert-OH is 1. The number of carboxylic acid groups (broad SMARTS) is 1. The molecule has 0 aromatic rings. The molecule has 15 heteroatoms. The molecule has 0 spiro atoms. The second-order valence-corrected chi connectivity index (χ2v) is 9.29. The summed E-state index contributed by atoms with van der Waals surface area (Å²) in [4.78, 5) is 53.7. The molecule has 0 rings (SSSR count). The SMILES string of the molecule is CSCCC(N)C(=O)NC(C(=O)NC(CCCN=C(N)N)C(=O)NC(CCCCN)C(=O)O)C(C)O. The Morgan fingerprint density at radius 2 is 1.53 bits per heavy atom. The fourth-order valence-electron chi connectivity index (χ4n) is 3.10. The van der Waals surface area contributed by atoms with Crippen molar-refractivity contribution in [2.45, 2.75) is 75.7 Å². The molecule has 0 radical (unpaired) electrons. The number of aliphatic hydroxyl groups is 1. The molecule has 13 N–H and O–H groups in total. The van der Waals surface area contributed by atoms with E-state index in [9.17, 15) is 29.4 Å². The normalized spacial score (nSPS) is 15.0. The lowest BCUT2D eigenvalue weighted by atomic mass is 10.1. The lowest BCUT2D eigenvalue weighted by molar-refractivity contribution is -0.142. The lowest BCUT2D eigenvalue weighted by Gasteiger charge is -2.26. The first kappa shape index (κ1) is 33.4. The predicted octanol–water partition coefficient (Wildman–Crippen LogP) is -2.83. The zero-order valence-electron chi connectivity index (χ0n) is 20.9. The summed E-state index contributed by atoms with van der Waals surface area (Å²) in [6.45, 7) is 1.86. The highest BCUT2D eigenvalue weighted by Gasteiger charge is 2.32. The fourth-order valence-corrected chi connectivity index (χ4v) is 3.59. The molecule has 0 aliphatic rings. The smallest absolute Gasteiger partial charge is 0.326 e. The highest BCUT2D eigenvalue weighted by molar-refractivity contribution is 7.98. The predicted molar refractivity (Wildman–Crippen MR) is 139 cm³/mol. The molecule has 5 unspecified atom stereocenters. The number of hydrogen-bond donors (Lipinski definition) is 9. The fraction of sp³-hybridized carbons (Fsp3) is 0.762. The van der Waals surface area contributed by atoms with E-state index in [0.717, 1.165) is 0 Å². The molecule has 0 aliphatic heterocycles. The number of carboxylic acids is 1. The summed E-state index contributed by atoms with van der Waals surface area (Å²) in [7, 11) is 0. The summed E-state index contributed by atoms with van der Waals surface area (Å²) >= 11 is 1.51. The molecule has 14 nitrogen and oxygen atoms in total. The average molecular weight is 535 g/mol. The Hall–Kier alpha value is -2.62. The summed E-state index contributed by atoms with van der Waals surface area (Å²) < 4.78 is 0. The minimum absolute atomic E-state index is 0.0667. The molecule has 0 aliphatic carbocycles. The van der Waals surface area contributed by atoms with Crippen molar-refractivity contribution in [3.63, 3.8) is 0 Å². The molecular weight excluding hydrogens is 492 g/mol. The van der Waals surface area contributed by atoms with Gasteiger partial charge >= 0.3 is 5.97 Å². The number of carbonyl (C=O) groups excluding carboxylic acids is 3. The van der Waals surface area contributed by atoms with Gasteiger partial charge in [-0.05, 0) is 64.0 Å². The maximum Gasteiger partial charge on any atom is 0.326 e. The Labute approximate surface area is 215 Å². The standard InChI is InChI=1S/C21H42N8O6S/c1-12(30)16(29-17(31)13(23)8-11-36-2)19(33)27-14(7-5-10-26-21(24)25)18(32)28-15(20(34)35)6-3-4-9-22/h12-16,30H,3-11,22-23H2,1-2H3,(H,27,33)(H,28,32)(H,29,31)(H,34,35)(H4,24,25,26). The number of hydrogen-bond acceptors (Lipinski definition) is 9. The van der Waals surface area contributed by atoms with Gasteiger partial charge in [-0.1, -0.05) is 0 Å². The van der Waals surface area contributed by atoms with Crippen LogP contribution in [0.25, 0.3) is 0 Å². The van der Waals surface area contributed by atoms with E-state index in [-0.39, 0.29) is 31.8 Å². The molecule has 0 heterocycles. The summed E-state index contributed by atoms with van der Waals surface area (Å²) in [6, 6.07) is -4.62.